The van der Waals surface area contributed by atoms with E-state index in [-0.39, 0.29) is 5.56 Å². The van der Waals surface area contributed by atoms with Crippen LogP contribution in [-0.4, -0.2) is 46.5 Å². The number of amides is 1. The van der Waals surface area contributed by atoms with Crippen molar-refractivity contribution in [1.82, 2.24) is 20.2 Å². The zero-order valence-electron chi connectivity index (χ0n) is 13.8. The summed E-state index contributed by atoms with van der Waals surface area (Å²) in [5.41, 5.74) is 0.655. The third-order valence-electron chi connectivity index (χ3n) is 4.70. The number of carbonyl (C=O) groups excluding carboxylic acids is 1. The van der Waals surface area contributed by atoms with Crippen LogP contribution in [0.25, 0.3) is 0 Å². The Hall–Kier alpha value is -1.69. The van der Waals surface area contributed by atoms with Gasteiger partial charge in [-0.2, -0.15) is 0 Å². The summed E-state index contributed by atoms with van der Waals surface area (Å²) in [5.74, 6) is 1.79. The first kappa shape index (κ1) is 16.2. The fourth-order valence-electron chi connectivity index (χ4n) is 3.20. The lowest BCUT2D eigenvalue weighted by atomic mass is 10.1. The predicted molar refractivity (Wildman–Crippen MR) is 88.2 cm³/mol. The quantitative estimate of drug-likeness (QED) is 0.820. The van der Waals surface area contributed by atoms with Crippen LogP contribution in [0.3, 0.4) is 0 Å². The first-order chi connectivity index (χ1) is 11.1. The van der Waals surface area contributed by atoms with Gasteiger partial charge in [-0.3, -0.25) is 9.59 Å². The number of rotatable bonds is 6. The SMILES string of the molecule is Cc1cc(=O)[nH]c(CCN[C@@H]2CCC(=O)N(CC3CC3)CC2)n1. The van der Waals surface area contributed by atoms with Crippen LogP contribution in [0.2, 0.25) is 0 Å². The molecule has 2 N–H and O–H groups in total. The molecule has 1 aliphatic carbocycles. The Kier molecular flexibility index (Phi) is 5.10. The lowest BCUT2D eigenvalue weighted by Crippen LogP contribution is -2.34. The van der Waals surface area contributed by atoms with Gasteiger partial charge in [0.05, 0.1) is 0 Å². The summed E-state index contributed by atoms with van der Waals surface area (Å²) in [7, 11) is 0. The number of carbonyl (C=O) groups is 1. The summed E-state index contributed by atoms with van der Waals surface area (Å²) in [4.78, 5) is 32.7. The second-order valence-corrected chi connectivity index (χ2v) is 6.84. The van der Waals surface area contributed by atoms with E-state index >= 15 is 0 Å². The number of likely N-dealkylation sites (tertiary alicyclic amines) is 1. The van der Waals surface area contributed by atoms with Crippen LogP contribution in [0, 0.1) is 12.8 Å². The van der Waals surface area contributed by atoms with E-state index in [1.807, 2.05) is 6.92 Å². The van der Waals surface area contributed by atoms with Crippen molar-refractivity contribution < 1.29 is 4.79 Å². The number of nitrogens with zero attached hydrogens (tertiary/aromatic N) is 2. The van der Waals surface area contributed by atoms with E-state index in [0.29, 0.717) is 24.8 Å². The van der Waals surface area contributed by atoms with Crippen molar-refractivity contribution >= 4 is 5.91 Å². The maximum absolute atomic E-state index is 12.1. The van der Waals surface area contributed by atoms with Crippen molar-refractivity contribution in [1.29, 1.82) is 0 Å². The Morgan fingerprint density at radius 2 is 2.13 bits per heavy atom. The van der Waals surface area contributed by atoms with Gasteiger partial charge in [0, 0.05) is 50.3 Å². The molecular formula is C17H26N4O2. The number of hydrogen-bond donors (Lipinski definition) is 2. The largest absolute Gasteiger partial charge is 0.342 e. The molecule has 0 aromatic carbocycles. The smallest absolute Gasteiger partial charge is 0.251 e. The highest BCUT2D eigenvalue weighted by Crippen LogP contribution is 2.30. The minimum Gasteiger partial charge on any atom is -0.342 e. The molecule has 3 rings (SSSR count). The molecule has 2 heterocycles. The summed E-state index contributed by atoms with van der Waals surface area (Å²) in [6.07, 6.45) is 5.82. The molecule has 0 bridgehead atoms. The number of nitrogens with one attached hydrogen (secondary N) is 2. The summed E-state index contributed by atoms with van der Waals surface area (Å²) in [6.45, 7) is 4.43. The van der Waals surface area contributed by atoms with Crippen molar-refractivity contribution in [3.63, 3.8) is 0 Å². The molecule has 126 valence electrons. The minimum absolute atomic E-state index is 0.0942. The first-order valence-corrected chi connectivity index (χ1v) is 8.68. The fourth-order valence-corrected chi connectivity index (χ4v) is 3.20. The second kappa shape index (κ2) is 7.25. The Morgan fingerprint density at radius 3 is 2.87 bits per heavy atom. The van der Waals surface area contributed by atoms with E-state index in [0.717, 1.165) is 49.9 Å². The zero-order chi connectivity index (χ0) is 16.2. The normalized spacial score (nSPS) is 22.2. The van der Waals surface area contributed by atoms with Gasteiger partial charge in [0.1, 0.15) is 5.82 Å². The van der Waals surface area contributed by atoms with E-state index in [2.05, 4.69) is 20.2 Å². The van der Waals surface area contributed by atoms with E-state index in [4.69, 9.17) is 0 Å². The third kappa shape index (κ3) is 4.89. The fraction of sp³-hybridized carbons (Fsp3) is 0.706. The molecule has 23 heavy (non-hydrogen) atoms. The van der Waals surface area contributed by atoms with Gasteiger partial charge in [-0.05, 0) is 38.5 Å². The van der Waals surface area contributed by atoms with Crippen LogP contribution in [0.15, 0.2) is 10.9 Å². The summed E-state index contributed by atoms with van der Waals surface area (Å²) in [6, 6.07) is 1.88. The Morgan fingerprint density at radius 1 is 1.30 bits per heavy atom. The Bertz CT molecular complexity index is 609. The molecule has 1 aromatic heterocycles. The van der Waals surface area contributed by atoms with Gasteiger partial charge in [0.25, 0.3) is 5.56 Å². The lowest BCUT2D eigenvalue weighted by molar-refractivity contribution is -0.130. The molecule has 1 saturated heterocycles. The lowest BCUT2D eigenvalue weighted by Gasteiger charge is -2.20. The monoisotopic (exact) mass is 318 g/mol. The summed E-state index contributed by atoms with van der Waals surface area (Å²) >= 11 is 0. The minimum atomic E-state index is -0.0942. The van der Waals surface area contributed by atoms with Gasteiger partial charge in [0.15, 0.2) is 0 Å². The van der Waals surface area contributed by atoms with E-state index in [1.54, 1.807) is 0 Å². The van der Waals surface area contributed by atoms with Gasteiger partial charge in [0.2, 0.25) is 5.91 Å². The molecule has 6 heteroatoms. The highest BCUT2D eigenvalue weighted by atomic mass is 16.2. The Labute approximate surface area is 136 Å². The van der Waals surface area contributed by atoms with Crippen molar-refractivity contribution in [3.8, 4) is 0 Å². The third-order valence-corrected chi connectivity index (χ3v) is 4.70. The maximum Gasteiger partial charge on any atom is 0.251 e. The predicted octanol–water partition coefficient (Wildman–Crippen LogP) is 1.00. The molecule has 1 atom stereocenters. The van der Waals surface area contributed by atoms with E-state index < -0.39 is 0 Å². The van der Waals surface area contributed by atoms with Gasteiger partial charge in [-0.15, -0.1) is 0 Å². The van der Waals surface area contributed by atoms with E-state index in [1.165, 1.54) is 18.9 Å². The van der Waals surface area contributed by atoms with Crippen molar-refractivity contribution in [3.05, 3.63) is 27.9 Å². The number of H-pyrrole nitrogens is 1. The molecule has 6 nitrogen and oxygen atoms in total. The van der Waals surface area contributed by atoms with Crippen LogP contribution in [0.5, 0.6) is 0 Å². The molecule has 1 amide bonds. The molecular weight excluding hydrogens is 292 g/mol. The molecule has 0 spiro atoms. The molecule has 0 radical (unpaired) electrons. The number of hydrogen-bond acceptors (Lipinski definition) is 4. The number of aromatic nitrogens is 2. The number of aromatic amines is 1. The summed E-state index contributed by atoms with van der Waals surface area (Å²) in [5, 5.41) is 3.52. The standard InChI is InChI=1S/C17H26N4O2/c1-12-10-16(22)20-15(19-12)6-8-18-14-4-5-17(23)21(9-7-14)11-13-2-3-13/h10,13-14,18H,2-9,11H2,1H3,(H,19,20,22)/t14-/m1/s1. The second-order valence-electron chi connectivity index (χ2n) is 6.84. The average molecular weight is 318 g/mol. The molecule has 1 saturated carbocycles. The van der Waals surface area contributed by atoms with Gasteiger partial charge in [-0.25, -0.2) is 4.98 Å². The Balaban J connectivity index is 1.44. The highest BCUT2D eigenvalue weighted by Gasteiger charge is 2.28. The van der Waals surface area contributed by atoms with E-state index in [9.17, 15) is 9.59 Å². The summed E-state index contributed by atoms with van der Waals surface area (Å²) < 4.78 is 0. The van der Waals surface area contributed by atoms with Gasteiger partial charge < -0.3 is 15.2 Å². The van der Waals surface area contributed by atoms with Crippen molar-refractivity contribution in [2.24, 2.45) is 5.92 Å². The molecule has 2 fully saturated rings. The van der Waals surface area contributed by atoms with Gasteiger partial charge in [-0.1, -0.05) is 0 Å². The average Bonchev–Trinajstić information content (AvgIpc) is 3.31. The van der Waals surface area contributed by atoms with Gasteiger partial charge >= 0.3 is 0 Å². The van der Waals surface area contributed by atoms with Crippen molar-refractivity contribution in [2.75, 3.05) is 19.6 Å². The zero-order valence-corrected chi connectivity index (χ0v) is 13.8. The van der Waals surface area contributed by atoms with Crippen molar-refractivity contribution in [2.45, 2.75) is 51.5 Å². The van der Waals surface area contributed by atoms with Crippen LogP contribution < -0.4 is 10.9 Å². The molecule has 1 aliphatic heterocycles. The van der Waals surface area contributed by atoms with Crippen LogP contribution in [0.4, 0.5) is 0 Å². The van der Waals surface area contributed by atoms with Crippen LogP contribution in [0.1, 0.15) is 43.6 Å². The molecule has 2 aliphatic rings. The number of aryl methyl sites for hydroxylation is 1. The highest BCUT2D eigenvalue weighted by molar-refractivity contribution is 5.76. The maximum atomic E-state index is 12.1. The molecule has 1 aromatic rings. The first-order valence-electron chi connectivity index (χ1n) is 8.68. The van der Waals surface area contributed by atoms with Crippen LogP contribution >= 0.6 is 0 Å². The van der Waals surface area contributed by atoms with Crippen LogP contribution in [-0.2, 0) is 11.2 Å². The molecule has 0 unspecified atom stereocenters. The topological polar surface area (TPSA) is 78.1 Å².